The lowest BCUT2D eigenvalue weighted by Gasteiger charge is -2.08. The molecular formula is C24H22O6. The Hall–Kier alpha value is -3.67. The van der Waals surface area contributed by atoms with Crippen molar-refractivity contribution < 1.29 is 28.6 Å². The SMILES string of the molecule is C=CC(=O)OCCOC(=O)CCC(=O)OCc1ccc2cc3ccccc3cc2c1. The first-order valence-corrected chi connectivity index (χ1v) is 9.57. The average molecular weight is 406 g/mol. The van der Waals surface area contributed by atoms with Crippen LogP contribution in [-0.2, 0) is 35.2 Å². The van der Waals surface area contributed by atoms with E-state index in [2.05, 4.69) is 35.6 Å². The minimum absolute atomic E-state index is 0.0573. The van der Waals surface area contributed by atoms with Gasteiger partial charge in [-0.15, -0.1) is 0 Å². The quantitative estimate of drug-likeness (QED) is 0.175. The van der Waals surface area contributed by atoms with E-state index in [0.717, 1.165) is 27.8 Å². The largest absolute Gasteiger partial charge is 0.462 e. The van der Waals surface area contributed by atoms with E-state index >= 15 is 0 Å². The van der Waals surface area contributed by atoms with Crippen LogP contribution in [0.5, 0.6) is 0 Å². The van der Waals surface area contributed by atoms with E-state index < -0.39 is 17.9 Å². The second-order valence-corrected chi connectivity index (χ2v) is 6.63. The fraction of sp³-hybridized carbons (Fsp3) is 0.208. The van der Waals surface area contributed by atoms with Crippen molar-refractivity contribution in [1.82, 2.24) is 0 Å². The van der Waals surface area contributed by atoms with Crippen LogP contribution in [-0.4, -0.2) is 31.1 Å². The molecule has 0 aliphatic carbocycles. The van der Waals surface area contributed by atoms with E-state index in [1.807, 2.05) is 30.3 Å². The van der Waals surface area contributed by atoms with Gasteiger partial charge in [0, 0.05) is 6.08 Å². The summed E-state index contributed by atoms with van der Waals surface area (Å²) in [6.07, 6.45) is 0.844. The monoisotopic (exact) mass is 406 g/mol. The van der Waals surface area contributed by atoms with Crippen molar-refractivity contribution in [2.24, 2.45) is 0 Å². The maximum atomic E-state index is 11.9. The van der Waals surface area contributed by atoms with Crippen LogP contribution in [0.3, 0.4) is 0 Å². The van der Waals surface area contributed by atoms with Crippen LogP contribution in [0.4, 0.5) is 0 Å². The van der Waals surface area contributed by atoms with E-state index in [9.17, 15) is 14.4 Å². The number of ether oxygens (including phenoxy) is 3. The van der Waals surface area contributed by atoms with E-state index in [1.165, 1.54) is 5.39 Å². The van der Waals surface area contributed by atoms with Crippen LogP contribution in [0.1, 0.15) is 18.4 Å². The average Bonchev–Trinajstić information content (AvgIpc) is 2.77. The third-order valence-corrected chi connectivity index (χ3v) is 4.46. The van der Waals surface area contributed by atoms with Crippen LogP contribution in [0.15, 0.2) is 67.3 Å². The minimum atomic E-state index is -0.587. The van der Waals surface area contributed by atoms with Crippen LogP contribution < -0.4 is 0 Å². The zero-order valence-corrected chi connectivity index (χ0v) is 16.5. The lowest BCUT2D eigenvalue weighted by molar-refractivity contribution is -0.153. The molecule has 0 aliphatic rings. The molecule has 0 atom stereocenters. The number of hydrogen-bond donors (Lipinski definition) is 0. The van der Waals surface area contributed by atoms with Crippen LogP contribution in [0, 0.1) is 0 Å². The van der Waals surface area contributed by atoms with E-state index in [1.54, 1.807) is 0 Å². The Balaban J connectivity index is 1.44. The van der Waals surface area contributed by atoms with Gasteiger partial charge in [-0.05, 0) is 45.3 Å². The summed E-state index contributed by atoms with van der Waals surface area (Å²) in [4.78, 5) is 34.4. The topological polar surface area (TPSA) is 78.9 Å². The van der Waals surface area contributed by atoms with Gasteiger partial charge in [-0.1, -0.05) is 43.0 Å². The number of carbonyl (C=O) groups excluding carboxylic acids is 3. The lowest BCUT2D eigenvalue weighted by atomic mass is 10.0. The Morgan fingerprint density at radius 3 is 2.03 bits per heavy atom. The van der Waals surface area contributed by atoms with Crippen molar-refractivity contribution in [3.05, 3.63) is 72.8 Å². The summed E-state index contributed by atoms with van der Waals surface area (Å²) in [6, 6.07) is 18.3. The molecule has 0 fully saturated rings. The molecule has 0 amide bonds. The molecule has 0 saturated heterocycles. The molecule has 0 aromatic heterocycles. The van der Waals surface area contributed by atoms with Gasteiger partial charge in [0.25, 0.3) is 0 Å². The molecule has 0 aliphatic heterocycles. The zero-order valence-electron chi connectivity index (χ0n) is 16.5. The van der Waals surface area contributed by atoms with Gasteiger partial charge in [-0.2, -0.15) is 0 Å². The fourth-order valence-electron chi connectivity index (χ4n) is 2.95. The summed E-state index contributed by atoms with van der Waals surface area (Å²) in [5.41, 5.74) is 0.873. The van der Waals surface area contributed by atoms with E-state index in [4.69, 9.17) is 9.47 Å². The Labute approximate surface area is 174 Å². The third kappa shape index (κ3) is 5.91. The standard InChI is InChI=1S/C24H22O6/c1-2-22(25)28-11-12-29-23(26)9-10-24(27)30-16-17-7-8-20-14-18-5-3-4-6-19(18)15-21(20)13-17/h2-8,13-15H,1,9-12,16H2. The van der Waals surface area contributed by atoms with Crippen molar-refractivity contribution in [3.8, 4) is 0 Å². The van der Waals surface area contributed by atoms with E-state index in [0.29, 0.717) is 0 Å². The Kier molecular flexibility index (Phi) is 7.16. The lowest BCUT2D eigenvalue weighted by Crippen LogP contribution is -2.14. The number of carbonyl (C=O) groups is 3. The Morgan fingerprint density at radius 1 is 0.733 bits per heavy atom. The number of rotatable bonds is 9. The molecular weight excluding hydrogens is 384 g/mol. The first-order chi connectivity index (χ1) is 14.5. The molecule has 3 aromatic carbocycles. The van der Waals surface area contributed by atoms with Crippen molar-refractivity contribution in [2.75, 3.05) is 13.2 Å². The van der Waals surface area contributed by atoms with Crippen molar-refractivity contribution >= 4 is 39.5 Å². The Morgan fingerprint density at radius 2 is 1.33 bits per heavy atom. The highest BCUT2D eigenvalue weighted by molar-refractivity contribution is 5.98. The maximum Gasteiger partial charge on any atom is 0.330 e. The molecule has 0 N–H and O–H groups in total. The number of benzene rings is 3. The molecule has 30 heavy (non-hydrogen) atoms. The maximum absolute atomic E-state index is 11.9. The fourth-order valence-corrected chi connectivity index (χ4v) is 2.95. The molecule has 0 radical (unpaired) electrons. The summed E-state index contributed by atoms with van der Waals surface area (Å²) in [7, 11) is 0. The van der Waals surface area contributed by atoms with Crippen molar-refractivity contribution in [2.45, 2.75) is 19.4 Å². The smallest absolute Gasteiger partial charge is 0.330 e. The molecule has 0 unspecified atom stereocenters. The molecule has 6 nitrogen and oxygen atoms in total. The van der Waals surface area contributed by atoms with Gasteiger partial charge in [-0.3, -0.25) is 9.59 Å². The first kappa shape index (κ1) is 21.0. The molecule has 3 aromatic rings. The number of hydrogen-bond acceptors (Lipinski definition) is 6. The summed E-state index contributed by atoms with van der Waals surface area (Å²) in [5, 5.41) is 4.51. The van der Waals surface area contributed by atoms with Crippen LogP contribution >= 0.6 is 0 Å². The van der Waals surface area contributed by atoms with Gasteiger partial charge >= 0.3 is 17.9 Å². The summed E-state index contributed by atoms with van der Waals surface area (Å²) < 4.78 is 14.8. The van der Waals surface area contributed by atoms with Crippen LogP contribution in [0.2, 0.25) is 0 Å². The zero-order chi connectivity index (χ0) is 21.3. The molecule has 154 valence electrons. The Bertz CT molecular complexity index is 1090. The van der Waals surface area contributed by atoms with Gasteiger partial charge < -0.3 is 14.2 Å². The van der Waals surface area contributed by atoms with Crippen molar-refractivity contribution in [1.29, 1.82) is 0 Å². The predicted octanol–water partition coefficient (Wildman–Crippen LogP) is 4.09. The predicted molar refractivity (Wildman–Crippen MR) is 113 cm³/mol. The van der Waals surface area contributed by atoms with Crippen LogP contribution in [0.25, 0.3) is 21.5 Å². The third-order valence-electron chi connectivity index (χ3n) is 4.46. The molecule has 6 heteroatoms. The highest BCUT2D eigenvalue weighted by atomic mass is 16.6. The van der Waals surface area contributed by atoms with Gasteiger partial charge in [0.1, 0.15) is 19.8 Å². The summed E-state index contributed by atoms with van der Waals surface area (Å²) in [6.45, 7) is 3.26. The normalized spacial score (nSPS) is 10.5. The molecule has 0 heterocycles. The summed E-state index contributed by atoms with van der Waals surface area (Å²) >= 11 is 0. The van der Waals surface area contributed by atoms with Crippen molar-refractivity contribution in [3.63, 3.8) is 0 Å². The number of esters is 3. The highest BCUT2D eigenvalue weighted by Gasteiger charge is 2.10. The highest BCUT2D eigenvalue weighted by Crippen LogP contribution is 2.24. The molecule has 0 spiro atoms. The summed E-state index contributed by atoms with van der Waals surface area (Å²) in [5.74, 6) is -1.63. The molecule has 0 bridgehead atoms. The molecule has 3 rings (SSSR count). The van der Waals surface area contributed by atoms with Gasteiger partial charge in [0.05, 0.1) is 12.8 Å². The minimum Gasteiger partial charge on any atom is -0.462 e. The molecule has 0 saturated carbocycles. The van der Waals surface area contributed by atoms with Gasteiger partial charge in [0.15, 0.2) is 0 Å². The van der Waals surface area contributed by atoms with Gasteiger partial charge in [-0.25, -0.2) is 4.79 Å². The second kappa shape index (κ2) is 10.2. The van der Waals surface area contributed by atoms with E-state index in [-0.39, 0.29) is 32.7 Å². The number of fused-ring (bicyclic) bond motifs is 2. The first-order valence-electron chi connectivity index (χ1n) is 9.57. The van der Waals surface area contributed by atoms with Gasteiger partial charge in [0.2, 0.25) is 0 Å². The second-order valence-electron chi connectivity index (χ2n) is 6.63.